The first kappa shape index (κ1) is 12.3. The van der Waals surface area contributed by atoms with Crippen molar-refractivity contribution in [1.29, 1.82) is 0 Å². The lowest BCUT2D eigenvalue weighted by Gasteiger charge is -2.37. The number of piperidine rings is 1. The molecule has 92 valence electrons. The first-order valence-electron chi connectivity index (χ1n) is 6.11. The molecule has 0 amide bonds. The van der Waals surface area contributed by atoms with Gasteiger partial charge in [0.15, 0.2) is 0 Å². The molecule has 0 aromatic carbocycles. The van der Waals surface area contributed by atoms with Gasteiger partial charge in [-0.05, 0) is 37.8 Å². The summed E-state index contributed by atoms with van der Waals surface area (Å²) < 4.78 is 0. The van der Waals surface area contributed by atoms with Crippen LogP contribution >= 0.6 is 12.2 Å². The number of anilines is 1. The molecule has 2 unspecified atom stereocenters. The maximum absolute atomic E-state index is 5.62. The highest BCUT2D eigenvalue weighted by atomic mass is 32.1. The third kappa shape index (κ3) is 2.75. The largest absolute Gasteiger partial charge is 0.388 e. The van der Waals surface area contributed by atoms with E-state index in [1.807, 2.05) is 18.2 Å². The quantitative estimate of drug-likeness (QED) is 0.817. The lowest BCUT2D eigenvalue weighted by atomic mass is 9.95. The lowest BCUT2D eigenvalue weighted by Crippen LogP contribution is -2.41. The monoisotopic (exact) mass is 249 g/mol. The highest BCUT2D eigenvalue weighted by Gasteiger charge is 2.23. The summed E-state index contributed by atoms with van der Waals surface area (Å²) in [5.74, 6) is 1.72. The number of rotatable bonds is 2. The van der Waals surface area contributed by atoms with Crippen LogP contribution in [0.25, 0.3) is 0 Å². The van der Waals surface area contributed by atoms with Gasteiger partial charge >= 0.3 is 0 Å². The summed E-state index contributed by atoms with van der Waals surface area (Å²) in [4.78, 5) is 7.26. The summed E-state index contributed by atoms with van der Waals surface area (Å²) in [6.07, 6.45) is 2.52. The second-order valence-corrected chi connectivity index (χ2v) is 5.37. The number of nitrogens with zero attached hydrogens (tertiary/aromatic N) is 2. The van der Waals surface area contributed by atoms with E-state index in [0.717, 1.165) is 18.3 Å². The Morgan fingerprint density at radius 2 is 2.18 bits per heavy atom. The fourth-order valence-corrected chi connectivity index (χ4v) is 2.44. The minimum Gasteiger partial charge on any atom is -0.388 e. The molecule has 2 heterocycles. The molecule has 2 N–H and O–H groups in total. The van der Waals surface area contributed by atoms with E-state index in [0.29, 0.717) is 16.7 Å². The molecule has 1 aromatic rings. The van der Waals surface area contributed by atoms with Gasteiger partial charge in [0.1, 0.15) is 10.8 Å². The third-order valence-electron chi connectivity index (χ3n) is 3.40. The van der Waals surface area contributed by atoms with Gasteiger partial charge in [-0.25, -0.2) is 4.98 Å². The topological polar surface area (TPSA) is 42.1 Å². The average molecular weight is 249 g/mol. The van der Waals surface area contributed by atoms with Crippen LogP contribution < -0.4 is 10.6 Å². The molecule has 0 aliphatic carbocycles. The van der Waals surface area contributed by atoms with Crippen LogP contribution in [0.2, 0.25) is 0 Å². The highest BCUT2D eigenvalue weighted by molar-refractivity contribution is 7.80. The molecule has 2 atom stereocenters. The number of nitrogens with two attached hydrogens (primary N) is 1. The molecule has 1 fully saturated rings. The van der Waals surface area contributed by atoms with Crippen molar-refractivity contribution in [1.82, 2.24) is 4.98 Å². The van der Waals surface area contributed by atoms with Crippen molar-refractivity contribution in [2.24, 2.45) is 11.7 Å². The fourth-order valence-electron chi connectivity index (χ4n) is 2.33. The predicted molar refractivity (Wildman–Crippen MR) is 75.3 cm³/mol. The van der Waals surface area contributed by atoms with Gasteiger partial charge in [0.2, 0.25) is 0 Å². The smallest absolute Gasteiger partial charge is 0.129 e. The Kier molecular flexibility index (Phi) is 3.62. The maximum atomic E-state index is 5.62. The first-order valence-corrected chi connectivity index (χ1v) is 6.52. The van der Waals surface area contributed by atoms with E-state index >= 15 is 0 Å². The second-order valence-electron chi connectivity index (χ2n) is 4.93. The SMILES string of the molecule is CC1CCC(C)N(c2cccc(C(N)=S)n2)C1. The van der Waals surface area contributed by atoms with Crippen LogP contribution in [0.4, 0.5) is 5.82 Å². The minimum atomic E-state index is 0.365. The Morgan fingerprint density at radius 3 is 2.88 bits per heavy atom. The number of hydrogen-bond acceptors (Lipinski definition) is 3. The van der Waals surface area contributed by atoms with Gasteiger partial charge in [0.05, 0.1) is 5.69 Å². The maximum Gasteiger partial charge on any atom is 0.129 e. The van der Waals surface area contributed by atoms with Crippen molar-refractivity contribution in [3.63, 3.8) is 0 Å². The zero-order valence-corrected chi connectivity index (χ0v) is 11.2. The molecule has 0 saturated carbocycles. The zero-order chi connectivity index (χ0) is 12.4. The molecular weight excluding hydrogens is 230 g/mol. The fraction of sp³-hybridized carbons (Fsp3) is 0.538. The lowest BCUT2D eigenvalue weighted by molar-refractivity contribution is 0.388. The summed E-state index contributed by atoms with van der Waals surface area (Å²) in [6, 6.07) is 6.42. The zero-order valence-electron chi connectivity index (χ0n) is 10.4. The van der Waals surface area contributed by atoms with E-state index < -0.39 is 0 Å². The standard InChI is InChI=1S/C13H19N3S/c1-9-6-7-10(2)16(8-9)12-5-3-4-11(15-12)13(14)17/h3-5,9-10H,6-8H2,1-2H3,(H2,14,17). The third-order valence-corrected chi connectivity index (χ3v) is 3.61. The molecule has 1 aliphatic rings. The van der Waals surface area contributed by atoms with Gasteiger partial charge in [-0.2, -0.15) is 0 Å². The molecular formula is C13H19N3S. The van der Waals surface area contributed by atoms with Crippen LogP contribution in [0, 0.1) is 5.92 Å². The van der Waals surface area contributed by atoms with Crippen molar-refractivity contribution in [2.45, 2.75) is 32.7 Å². The molecule has 3 nitrogen and oxygen atoms in total. The molecule has 17 heavy (non-hydrogen) atoms. The normalized spacial score (nSPS) is 24.7. The number of hydrogen-bond donors (Lipinski definition) is 1. The summed E-state index contributed by atoms with van der Waals surface area (Å²) in [7, 11) is 0. The number of thiocarbonyl (C=S) groups is 1. The van der Waals surface area contributed by atoms with Crippen LogP contribution in [0.1, 0.15) is 32.4 Å². The molecule has 0 spiro atoms. The van der Waals surface area contributed by atoms with Crippen molar-refractivity contribution in [3.05, 3.63) is 23.9 Å². The summed E-state index contributed by atoms with van der Waals surface area (Å²) in [5.41, 5.74) is 6.34. The molecule has 1 saturated heterocycles. The first-order chi connectivity index (χ1) is 8.08. The van der Waals surface area contributed by atoms with E-state index in [2.05, 4.69) is 23.7 Å². The Bertz CT molecular complexity index is 419. The summed E-state index contributed by atoms with van der Waals surface area (Å²) in [6.45, 7) is 5.60. The van der Waals surface area contributed by atoms with Crippen molar-refractivity contribution >= 4 is 23.0 Å². The van der Waals surface area contributed by atoms with Gasteiger partial charge in [-0.15, -0.1) is 0 Å². The average Bonchev–Trinajstić information content (AvgIpc) is 2.32. The Hall–Kier alpha value is -1.16. The van der Waals surface area contributed by atoms with E-state index in [1.54, 1.807) is 0 Å². The molecule has 0 radical (unpaired) electrons. The van der Waals surface area contributed by atoms with Crippen LogP contribution in [-0.4, -0.2) is 22.6 Å². The van der Waals surface area contributed by atoms with Crippen LogP contribution in [0.15, 0.2) is 18.2 Å². The Balaban J connectivity index is 2.26. The van der Waals surface area contributed by atoms with Gasteiger partial charge in [0, 0.05) is 12.6 Å². The molecule has 4 heteroatoms. The predicted octanol–water partition coefficient (Wildman–Crippen LogP) is 2.34. The summed E-state index contributed by atoms with van der Waals surface area (Å²) >= 11 is 4.97. The van der Waals surface area contributed by atoms with Gasteiger partial charge in [-0.1, -0.05) is 25.2 Å². The Morgan fingerprint density at radius 1 is 1.41 bits per heavy atom. The van der Waals surface area contributed by atoms with Crippen LogP contribution in [0.3, 0.4) is 0 Å². The highest BCUT2D eigenvalue weighted by Crippen LogP contribution is 2.26. The molecule has 0 bridgehead atoms. The molecule has 1 aliphatic heterocycles. The van der Waals surface area contributed by atoms with E-state index in [4.69, 9.17) is 18.0 Å². The van der Waals surface area contributed by atoms with E-state index in [-0.39, 0.29) is 0 Å². The molecule has 1 aromatic heterocycles. The summed E-state index contributed by atoms with van der Waals surface area (Å²) in [5, 5.41) is 0. The van der Waals surface area contributed by atoms with Crippen molar-refractivity contribution in [2.75, 3.05) is 11.4 Å². The molecule has 2 rings (SSSR count). The van der Waals surface area contributed by atoms with Gasteiger partial charge < -0.3 is 10.6 Å². The van der Waals surface area contributed by atoms with Gasteiger partial charge in [-0.3, -0.25) is 0 Å². The van der Waals surface area contributed by atoms with E-state index in [9.17, 15) is 0 Å². The minimum absolute atomic E-state index is 0.365. The second kappa shape index (κ2) is 5.00. The van der Waals surface area contributed by atoms with Crippen molar-refractivity contribution < 1.29 is 0 Å². The van der Waals surface area contributed by atoms with E-state index in [1.165, 1.54) is 12.8 Å². The number of pyridine rings is 1. The van der Waals surface area contributed by atoms with Gasteiger partial charge in [0.25, 0.3) is 0 Å². The van der Waals surface area contributed by atoms with Crippen LogP contribution in [0.5, 0.6) is 0 Å². The number of aromatic nitrogens is 1. The Labute approximate surface area is 108 Å². The van der Waals surface area contributed by atoms with Crippen molar-refractivity contribution in [3.8, 4) is 0 Å². The van der Waals surface area contributed by atoms with Crippen LogP contribution in [-0.2, 0) is 0 Å².